The number of carbonyl (C=O) groups is 1. The SMILES string of the molecule is O=COC(c1ccc(Cl)cc1)c1nn[nH]n1. The van der Waals surface area contributed by atoms with E-state index in [1.807, 2.05) is 0 Å². The predicted octanol–water partition coefficient (Wildman–Crippen LogP) is 1.12. The lowest BCUT2D eigenvalue weighted by atomic mass is 10.1. The molecule has 1 aromatic carbocycles. The lowest BCUT2D eigenvalue weighted by Crippen LogP contribution is -2.07. The van der Waals surface area contributed by atoms with E-state index in [-0.39, 0.29) is 5.82 Å². The Labute approximate surface area is 95.6 Å². The molecule has 0 aliphatic carbocycles. The summed E-state index contributed by atoms with van der Waals surface area (Å²) >= 11 is 5.76. The number of nitrogens with zero attached hydrogens (tertiary/aromatic N) is 3. The molecule has 0 radical (unpaired) electrons. The standard InChI is InChI=1S/C9H7ClN4O2/c10-7-3-1-6(2-4-7)8(16-5-15)9-11-13-14-12-9/h1-5,8H,(H,11,12,13,14). The molecule has 0 aliphatic rings. The minimum absolute atomic E-state index is 0.287. The third-order valence-electron chi connectivity index (χ3n) is 1.96. The van der Waals surface area contributed by atoms with Gasteiger partial charge in [0.25, 0.3) is 6.47 Å². The maximum atomic E-state index is 10.4. The number of halogens is 1. The molecule has 1 aromatic heterocycles. The highest BCUT2D eigenvalue weighted by Gasteiger charge is 2.19. The first kappa shape index (κ1) is 10.6. The molecule has 1 N–H and O–H groups in total. The molecule has 0 saturated heterocycles. The zero-order valence-corrected chi connectivity index (χ0v) is 8.76. The van der Waals surface area contributed by atoms with Gasteiger partial charge in [-0.1, -0.05) is 28.9 Å². The molecule has 0 amide bonds. The van der Waals surface area contributed by atoms with E-state index < -0.39 is 6.10 Å². The van der Waals surface area contributed by atoms with Gasteiger partial charge in [0, 0.05) is 10.6 Å². The first-order valence-corrected chi connectivity index (χ1v) is 4.77. The van der Waals surface area contributed by atoms with Crippen LogP contribution < -0.4 is 0 Å². The average molecular weight is 239 g/mol. The summed E-state index contributed by atoms with van der Waals surface area (Å²) in [5.74, 6) is 0.287. The van der Waals surface area contributed by atoms with Gasteiger partial charge in [-0.2, -0.15) is 5.21 Å². The number of nitrogens with one attached hydrogen (secondary N) is 1. The summed E-state index contributed by atoms with van der Waals surface area (Å²) < 4.78 is 4.90. The van der Waals surface area contributed by atoms with Gasteiger partial charge in [-0.25, -0.2) is 0 Å². The third-order valence-corrected chi connectivity index (χ3v) is 2.21. The Morgan fingerprint density at radius 3 is 2.69 bits per heavy atom. The largest absolute Gasteiger partial charge is 0.451 e. The molecule has 82 valence electrons. The van der Waals surface area contributed by atoms with Crippen molar-refractivity contribution in [2.45, 2.75) is 6.10 Å². The Hall–Kier alpha value is -1.95. The topological polar surface area (TPSA) is 80.8 Å². The fourth-order valence-electron chi connectivity index (χ4n) is 1.26. The van der Waals surface area contributed by atoms with E-state index in [1.54, 1.807) is 24.3 Å². The van der Waals surface area contributed by atoms with Crippen LogP contribution in [0.2, 0.25) is 5.02 Å². The molecule has 0 bridgehead atoms. The van der Waals surface area contributed by atoms with Crippen molar-refractivity contribution in [3.05, 3.63) is 40.7 Å². The number of hydrogen-bond acceptors (Lipinski definition) is 5. The molecule has 1 unspecified atom stereocenters. The van der Waals surface area contributed by atoms with Gasteiger partial charge in [0.15, 0.2) is 6.10 Å². The number of aromatic nitrogens is 4. The van der Waals surface area contributed by atoms with Crippen LogP contribution in [-0.4, -0.2) is 27.1 Å². The highest BCUT2D eigenvalue weighted by molar-refractivity contribution is 6.30. The summed E-state index contributed by atoms with van der Waals surface area (Å²) in [7, 11) is 0. The van der Waals surface area contributed by atoms with Crippen LogP contribution in [0.3, 0.4) is 0 Å². The fourth-order valence-corrected chi connectivity index (χ4v) is 1.39. The second kappa shape index (κ2) is 4.71. The molecule has 7 heteroatoms. The Balaban J connectivity index is 2.32. The quantitative estimate of drug-likeness (QED) is 0.807. The molecule has 1 atom stereocenters. The summed E-state index contributed by atoms with van der Waals surface area (Å²) in [4.78, 5) is 10.4. The predicted molar refractivity (Wildman–Crippen MR) is 54.6 cm³/mol. The van der Waals surface area contributed by atoms with Gasteiger partial charge in [0.2, 0.25) is 5.82 Å². The van der Waals surface area contributed by atoms with Gasteiger partial charge in [0.05, 0.1) is 0 Å². The number of aromatic amines is 1. The van der Waals surface area contributed by atoms with Crippen molar-refractivity contribution < 1.29 is 9.53 Å². The van der Waals surface area contributed by atoms with E-state index in [4.69, 9.17) is 16.3 Å². The van der Waals surface area contributed by atoms with Gasteiger partial charge in [0.1, 0.15) is 0 Å². The van der Waals surface area contributed by atoms with Gasteiger partial charge in [-0.15, -0.1) is 10.2 Å². The molecule has 0 aliphatic heterocycles. The number of tetrazole rings is 1. The number of ether oxygens (including phenoxy) is 1. The summed E-state index contributed by atoms with van der Waals surface area (Å²) in [6.07, 6.45) is -0.673. The second-order valence-corrected chi connectivity index (χ2v) is 3.37. The van der Waals surface area contributed by atoms with Gasteiger partial charge >= 0.3 is 0 Å². The zero-order valence-electron chi connectivity index (χ0n) is 8.00. The molecule has 0 spiro atoms. The summed E-state index contributed by atoms with van der Waals surface area (Å²) in [5, 5.41) is 13.8. The van der Waals surface area contributed by atoms with Crippen molar-refractivity contribution in [2.75, 3.05) is 0 Å². The van der Waals surface area contributed by atoms with Crippen LogP contribution in [0.5, 0.6) is 0 Å². The number of benzene rings is 1. The number of hydrogen-bond donors (Lipinski definition) is 1. The normalized spacial score (nSPS) is 12.1. The van der Waals surface area contributed by atoms with E-state index in [2.05, 4.69) is 20.6 Å². The van der Waals surface area contributed by atoms with E-state index in [1.165, 1.54) is 0 Å². The van der Waals surface area contributed by atoms with Crippen molar-refractivity contribution >= 4 is 18.1 Å². The third kappa shape index (κ3) is 2.17. The molecule has 6 nitrogen and oxygen atoms in total. The van der Waals surface area contributed by atoms with Crippen LogP contribution in [0.4, 0.5) is 0 Å². The fraction of sp³-hybridized carbons (Fsp3) is 0.111. The first-order valence-electron chi connectivity index (χ1n) is 4.39. The lowest BCUT2D eigenvalue weighted by molar-refractivity contribution is -0.132. The first-order chi connectivity index (χ1) is 7.81. The monoisotopic (exact) mass is 238 g/mol. The average Bonchev–Trinajstić information content (AvgIpc) is 2.81. The van der Waals surface area contributed by atoms with Crippen LogP contribution in [0.25, 0.3) is 0 Å². The van der Waals surface area contributed by atoms with Crippen LogP contribution in [-0.2, 0) is 9.53 Å². The van der Waals surface area contributed by atoms with Crippen molar-refractivity contribution in [3.63, 3.8) is 0 Å². The molecule has 1 heterocycles. The van der Waals surface area contributed by atoms with Crippen LogP contribution in [0.15, 0.2) is 24.3 Å². The van der Waals surface area contributed by atoms with Gasteiger partial charge in [-0.05, 0) is 12.1 Å². The maximum Gasteiger partial charge on any atom is 0.294 e. The van der Waals surface area contributed by atoms with Crippen molar-refractivity contribution in [1.82, 2.24) is 20.6 Å². The van der Waals surface area contributed by atoms with E-state index in [0.717, 1.165) is 5.56 Å². The number of H-pyrrole nitrogens is 1. The van der Waals surface area contributed by atoms with Crippen LogP contribution >= 0.6 is 11.6 Å². The second-order valence-electron chi connectivity index (χ2n) is 2.93. The van der Waals surface area contributed by atoms with E-state index in [9.17, 15) is 4.79 Å². The summed E-state index contributed by atoms with van der Waals surface area (Å²) in [5.41, 5.74) is 0.720. The smallest absolute Gasteiger partial charge is 0.294 e. The molecule has 16 heavy (non-hydrogen) atoms. The molecule has 2 aromatic rings. The van der Waals surface area contributed by atoms with Crippen molar-refractivity contribution in [3.8, 4) is 0 Å². The van der Waals surface area contributed by atoms with E-state index in [0.29, 0.717) is 11.5 Å². The summed E-state index contributed by atoms with van der Waals surface area (Å²) in [6, 6.07) is 6.84. The zero-order chi connectivity index (χ0) is 11.4. The molecular weight excluding hydrogens is 232 g/mol. The van der Waals surface area contributed by atoms with E-state index >= 15 is 0 Å². The van der Waals surface area contributed by atoms with Crippen LogP contribution in [0.1, 0.15) is 17.5 Å². The Kier molecular flexibility index (Phi) is 3.11. The minimum Gasteiger partial charge on any atom is -0.451 e. The molecule has 2 rings (SSSR count). The lowest BCUT2D eigenvalue weighted by Gasteiger charge is -2.11. The van der Waals surface area contributed by atoms with Crippen molar-refractivity contribution in [2.24, 2.45) is 0 Å². The minimum atomic E-state index is -0.673. The van der Waals surface area contributed by atoms with Crippen LogP contribution in [0, 0.1) is 0 Å². The van der Waals surface area contributed by atoms with Gasteiger partial charge in [-0.3, -0.25) is 4.79 Å². The summed E-state index contributed by atoms with van der Waals surface area (Å²) in [6.45, 7) is 0.343. The molecule has 0 saturated carbocycles. The Morgan fingerprint density at radius 2 is 2.12 bits per heavy atom. The molecular formula is C9H7ClN4O2. The van der Waals surface area contributed by atoms with Gasteiger partial charge < -0.3 is 4.74 Å². The highest BCUT2D eigenvalue weighted by atomic mass is 35.5. The number of carbonyl (C=O) groups excluding carboxylic acids is 1. The maximum absolute atomic E-state index is 10.4. The molecule has 0 fully saturated rings. The highest BCUT2D eigenvalue weighted by Crippen LogP contribution is 2.23. The Bertz CT molecular complexity index is 457. The Morgan fingerprint density at radius 1 is 1.38 bits per heavy atom. The number of rotatable bonds is 4. The van der Waals surface area contributed by atoms with Crippen molar-refractivity contribution in [1.29, 1.82) is 0 Å².